The van der Waals surface area contributed by atoms with Gasteiger partial charge in [-0.05, 0) is 67.1 Å². The Labute approximate surface area is 117 Å². The van der Waals surface area contributed by atoms with E-state index in [1.807, 2.05) is 22.7 Å². The highest BCUT2D eigenvalue weighted by Gasteiger charge is 2.23. The van der Waals surface area contributed by atoms with E-state index in [9.17, 15) is 0 Å². The van der Waals surface area contributed by atoms with Crippen LogP contribution in [-0.2, 0) is 6.42 Å². The number of thiophene rings is 2. The van der Waals surface area contributed by atoms with Crippen LogP contribution in [0, 0.1) is 6.92 Å². The van der Waals surface area contributed by atoms with E-state index < -0.39 is 0 Å². The van der Waals surface area contributed by atoms with Crippen LogP contribution in [0.3, 0.4) is 0 Å². The lowest BCUT2D eigenvalue weighted by molar-refractivity contribution is 0.421. The van der Waals surface area contributed by atoms with Gasteiger partial charge in [0, 0.05) is 21.8 Å². The molecule has 1 aliphatic carbocycles. The molecule has 0 bridgehead atoms. The Bertz CT molecular complexity index is 526. The Kier molecular flexibility index (Phi) is 3.55. The molecule has 0 fully saturated rings. The van der Waals surface area contributed by atoms with Gasteiger partial charge < -0.3 is 5.32 Å². The SMILES string of the molecule is Cc1ccsc1C(C)NC1CCCc2sccc21. The predicted octanol–water partition coefficient (Wildman–Crippen LogP) is 4.85. The third-order valence-electron chi connectivity index (χ3n) is 3.80. The first-order chi connectivity index (χ1) is 8.75. The molecule has 0 aliphatic heterocycles. The van der Waals surface area contributed by atoms with Gasteiger partial charge in [-0.15, -0.1) is 22.7 Å². The second kappa shape index (κ2) is 5.16. The standard InChI is InChI=1S/C15H19NS2/c1-10-6-8-18-15(10)11(2)16-13-4-3-5-14-12(13)7-9-17-14/h6-9,11,13,16H,3-5H2,1-2H3. The van der Waals surface area contributed by atoms with Crippen molar-refractivity contribution < 1.29 is 0 Å². The minimum absolute atomic E-state index is 0.459. The fourth-order valence-corrected chi connectivity index (χ4v) is 4.80. The average molecular weight is 277 g/mol. The van der Waals surface area contributed by atoms with Gasteiger partial charge in [-0.2, -0.15) is 0 Å². The summed E-state index contributed by atoms with van der Waals surface area (Å²) >= 11 is 3.79. The minimum Gasteiger partial charge on any atom is -0.303 e. The first-order valence-corrected chi connectivity index (χ1v) is 8.38. The quantitative estimate of drug-likeness (QED) is 0.846. The molecule has 1 N–H and O–H groups in total. The summed E-state index contributed by atoms with van der Waals surface area (Å²) in [4.78, 5) is 3.08. The summed E-state index contributed by atoms with van der Waals surface area (Å²) in [6, 6.07) is 5.54. The molecule has 0 saturated carbocycles. The van der Waals surface area contributed by atoms with E-state index in [1.54, 1.807) is 10.4 Å². The number of hydrogen-bond donors (Lipinski definition) is 1. The van der Waals surface area contributed by atoms with E-state index in [-0.39, 0.29) is 0 Å². The summed E-state index contributed by atoms with van der Waals surface area (Å²) in [5, 5.41) is 8.26. The monoisotopic (exact) mass is 277 g/mol. The Morgan fingerprint density at radius 1 is 1.28 bits per heavy atom. The zero-order chi connectivity index (χ0) is 12.5. The van der Waals surface area contributed by atoms with Crippen LogP contribution in [0.4, 0.5) is 0 Å². The number of hydrogen-bond acceptors (Lipinski definition) is 3. The van der Waals surface area contributed by atoms with Gasteiger partial charge in [0.15, 0.2) is 0 Å². The Morgan fingerprint density at radius 3 is 2.89 bits per heavy atom. The van der Waals surface area contributed by atoms with Crippen LogP contribution in [0.25, 0.3) is 0 Å². The summed E-state index contributed by atoms with van der Waals surface area (Å²) in [7, 11) is 0. The van der Waals surface area contributed by atoms with Crippen LogP contribution in [0.15, 0.2) is 22.9 Å². The Morgan fingerprint density at radius 2 is 2.11 bits per heavy atom. The van der Waals surface area contributed by atoms with E-state index in [1.165, 1.54) is 29.7 Å². The molecule has 18 heavy (non-hydrogen) atoms. The average Bonchev–Trinajstić information content (AvgIpc) is 2.97. The van der Waals surface area contributed by atoms with Crippen LogP contribution in [0.5, 0.6) is 0 Å². The van der Waals surface area contributed by atoms with Crippen molar-refractivity contribution in [3.05, 3.63) is 43.8 Å². The van der Waals surface area contributed by atoms with Gasteiger partial charge in [0.25, 0.3) is 0 Å². The van der Waals surface area contributed by atoms with Crippen LogP contribution in [0.2, 0.25) is 0 Å². The number of nitrogens with one attached hydrogen (secondary N) is 1. The highest BCUT2D eigenvalue weighted by atomic mass is 32.1. The van der Waals surface area contributed by atoms with Crippen molar-refractivity contribution in [3.8, 4) is 0 Å². The van der Waals surface area contributed by atoms with Crippen LogP contribution >= 0.6 is 22.7 Å². The maximum atomic E-state index is 3.82. The summed E-state index contributed by atoms with van der Waals surface area (Å²) in [5.74, 6) is 0. The molecule has 3 heteroatoms. The zero-order valence-corrected chi connectivity index (χ0v) is 12.5. The van der Waals surface area contributed by atoms with Crippen LogP contribution < -0.4 is 5.32 Å². The van der Waals surface area contributed by atoms with Crippen molar-refractivity contribution in [3.63, 3.8) is 0 Å². The summed E-state index contributed by atoms with van der Waals surface area (Å²) in [5.41, 5.74) is 2.97. The lowest BCUT2D eigenvalue weighted by atomic mass is 9.93. The topological polar surface area (TPSA) is 12.0 Å². The molecule has 2 unspecified atom stereocenters. The van der Waals surface area contributed by atoms with Gasteiger partial charge in [-0.3, -0.25) is 0 Å². The second-order valence-electron chi connectivity index (χ2n) is 5.10. The second-order valence-corrected chi connectivity index (χ2v) is 7.05. The molecular formula is C15H19NS2. The van der Waals surface area contributed by atoms with Gasteiger partial charge in [-0.25, -0.2) is 0 Å². The normalized spacial score (nSPS) is 20.7. The van der Waals surface area contributed by atoms with Gasteiger partial charge in [0.1, 0.15) is 0 Å². The predicted molar refractivity (Wildman–Crippen MR) is 80.6 cm³/mol. The number of fused-ring (bicyclic) bond motifs is 1. The molecule has 0 saturated heterocycles. The molecule has 2 aromatic rings. The molecule has 1 nitrogen and oxygen atoms in total. The molecule has 0 amide bonds. The van der Waals surface area contributed by atoms with Crippen molar-refractivity contribution in [2.75, 3.05) is 0 Å². The third-order valence-corrected chi connectivity index (χ3v) is 6.00. The molecular weight excluding hydrogens is 258 g/mol. The van der Waals surface area contributed by atoms with Crippen molar-refractivity contribution in [2.45, 2.75) is 45.2 Å². The Balaban J connectivity index is 1.77. The maximum Gasteiger partial charge on any atom is 0.0393 e. The van der Waals surface area contributed by atoms with Crippen molar-refractivity contribution in [2.24, 2.45) is 0 Å². The van der Waals surface area contributed by atoms with Gasteiger partial charge in [-0.1, -0.05) is 0 Å². The highest BCUT2D eigenvalue weighted by molar-refractivity contribution is 7.10. The smallest absolute Gasteiger partial charge is 0.0393 e. The van der Waals surface area contributed by atoms with Crippen LogP contribution in [-0.4, -0.2) is 0 Å². The van der Waals surface area contributed by atoms with Crippen molar-refractivity contribution >= 4 is 22.7 Å². The van der Waals surface area contributed by atoms with E-state index in [2.05, 4.69) is 42.1 Å². The third kappa shape index (κ3) is 2.27. The summed E-state index contributed by atoms with van der Waals surface area (Å²) in [6.07, 6.45) is 3.87. The largest absolute Gasteiger partial charge is 0.303 e. The molecule has 2 heterocycles. The summed E-state index contributed by atoms with van der Waals surface area (Å²) < 4.78 is 0. The zero-order valence-electron chi connectivity index (χ0n) is 10.9. The van der Waals surface area contributed by atoms with Gasteiger partial charge in [0.05, 0.1) is 0 Å². The van der Waals surface area contributed by atoms with Gasteiger partial charge >= 0.3 is 0 Å². The van der Waals surface area contributed by atoms with E-state index >= 15 is 0 Å². The van der Waals surface area contributed by atoms with E-state index in [0.717, 1.165) is 0 Å². The molecule has 0 radical (unpaired) electrons. The number of aryl methyl sites for hydroxylation is 2. The minimum atomic E-state index is 0.459. The van der Waals surface area contributed by atoms with Crippen molar-refractivity contribution in [1.82, 2.24) is 5.32 Å². The fourth-order valence-electron chi connectivity index (χ4n) is 2.87. The molecule has 0 aromatic carbocycles. The molecule has 2 atom stereocenters. The van der Waals surface area contributed by atoms with Gasteiger partial charge in [0.2, 0.25) is 0 Å². The maximum absolute atomic E-state index is 3.82. The lowest BCUT2D eigenvalue weighted by Gasteiger charge is -2.27. The lowest BCUT2D eigenvalue weighted by Crippen LogP contribution is -2.26. The van der Waals surface area contributed by atoms with Crippen LogP contribution in [0.1, 0.15) is 52.7 Å². The molecule has 1 aliphatic rings. The first-order valence-electron chi connectivity index (χ1n) is 6.62. The molecule has 96 valence electrons. The van der Waals surface area contributed by atoms with E-state index in [0.29, 0.717) is 12.1 Å². The van der Waals surface area contributed by atoms with Crippen molar-refractivity contribution in [1.29, 1.82) is 0 Å². The van der Waals surface area contributed by atoms with E-state index in [4.69, 9.17) is 0 Å². The Hall–Kier alpha value is -0.640. The first kappa shape index (κ1) is 12.4. The fraction of sp³-hybridized carbons (Fsp3) is 0.467. The molecule has 3 rings (SSSR count). The summed E-state index contributed by atoms with van der Waals surface area (Å²) in [6.45, 7) is 4.50. The molecule has 0 spiro atoms. The highest BCUT2D eigenvalue weighted by Crippen LogP contribution is 2.35. The molecule has 2 aromatic heterocycles. The number of rotatable bonds is 3.